The van der Waals surface area contributed by atoms with E-state index in [0.29, 0.717) is 17.1 Å². The number of ether oxygens (including phenoxy) is 3. The smallest absolute Gasteiger partial charge is 0.337 e. The Bertz CT molecular complexity index is 1030. The highest BCUT2D eigenvalue weighted by molar-refractivity contribution is 6.06. The van der Waals surface area contributed by atoms with E-state index in [1.54, 1.807) is 24.3 Å². The molecule has 0 unspecified atom stereocenters. The third kappa shape index (κ3) is 5.02. The van der Waals surface area contributed by atoms with Crippen molar-refractivity contribution in [1.29, 1.82) is 0 Å². The molecule has 7 heteroatoms. The molecule has 0 aliphatic heterocycles. The highest BCUT2D eigenvalue weighted by Crippen LogP contribution is 2.22. The fraction of sp³-hybridized carbons (Fsp3) is 0.0870. The first-order chi connectivity index (χ1) is 14.5. The molecule has 152 valence electrons. The number of para-hydroxylation sites is 1. The number of esters is 2. The molecule has 30 heavy (non-hydrogen) atoms. The predicted octanol–water partition coefficient (Wildman–Crippen LogP) is 4.30. The van der Waals surface area contributed by atoms with E-state index in [0.717, 1.165) is 0 Å². The van der Waals surface area contributed by atoms with Gasteiger partial charge in [-0.15, -0.1) is 0 Å². The summed E-state index contributed by atoms with van der Waals surface area (Å²) >= 11 is 0. The number of nitrogens with one attached hydrogen (secondary N) is 1. The van der Waals surface area contributed by atoms with Gasteiger partial charge < -0.3 is 19.5 Å². The van der Waals surface area contributed by atoms with E-state index >= 15 is 0 Å². The summed E-state index contributed by atoms with van der Waals surface area (Å²) in [7, 11) is 2.45. The van der Waals surface area contributed by atoms with E-state index in [1.807, 2.05) is 30.3 Å². The van der Waals surface area contributed by atoms with Crippen LogP contribution in [0.15, 0.2) is 72.8 Å². The lowest BCUT2D eigenvalue weighted by atomic mass is 10.1. The maximum Gasteiger partial charge on any atom is 0.337 e. The number of hydrogen-bond acceptors (Lipinski definition) is 6. The van der Waals surface area contributed by atoms with Crippen molar-refractivity contribution >= 4 is 23.5 Å². The first kappa shape index (κ1) is 20.6. The van der Waals surface area contributed by atoms with Crippen LogP contribution >= 0.6 is 0 Å². The molecule has 0 bridgehead atoms. The van der Waals surface area contributed by atoms with E-state index in [4.69, 9.17) is 14.2 Å². The minimum Gasteiger partial charge on any atom is -0.465 e. The molecule has 3 rings (SSSR count). The highest BCUT2D eigenvalue weighted by atomic mass is 16.5. The Kier molecular flexibility index (Phi) is 6.44. The van der Waals surface area contributed by atoms with Crippen molar-refractivity contribution in [2.24, 2.45) is 0 Å². The molecule has 1 N–H and O–H groups in total. The summed E-state index contributed by atoms with van der Waals surface area (Å²) < 4.78 is 15.1. The summed E-state index contributed by atoms with van der Waals surface area (Å²) in [6.07, 6.45) is 0. The fourth-order valence-electron chi connectivity index (χ4n) is 2.67. The Morgan fingerprint density at radius 1 is 0.667 bits per heavy atom. The van der Waals surface area contributed by atoms with E-state index in [-0.39, 0.29) is 16.8 Å². The maximum absolute atomic E-state index is 12.6. The van der Waals surface area contributed by atoms with E-state index in [9.17, 15) is 14.4 Å². The molecule has 0 atom stereocenters. The van der Waals surface area contributed by atoms with Crippen molar-refractivity contribution in [3.8, 4) is 11.5 Å². The van der Waals surface area contributed by atoms with Crippen LogP contribution in [0.2, 0.25) is 0 Å². The van der Waals surface area contributed by atoms with Crippen LogP contribution < -0.4 is 10.1 Å². The van der Waals surface area contributed by atoms with Crippen molar-refractivity contribution in [3.63, 3.8) is 0 Å². The van der Waals surface area contributed by atoms with Gasteiger partial charge in [0, 0.05) is 11.3 Å². The first-order valence-corrected chi connectivity index (χ1v) is 8.96. The molecule has 0 aliphatic rings. The zero-order valence-electron chi connectivity index (χ0n) is 16.4. The molecule has 0 saturated carbocycles. The lowest BCUT2D eigenvalue weighted by molar-refractivity contribution is 0.0599. The van der Waals surface area contributed by atoms with Gasteiger partial charge in [-0.05, 0) is 54.6 Å². The molecule has 1 amide bonds. The van der Waals surface area contributed by atoms with Gasteiger partial charge in [-0.3, -0.25) is 4.79 Å². The first-order valence-electron chi connectivity index (χ1n) is 8.96. The lowest BCUT2D eigenvalue weighted by Gasteiger charge is -2.10. The van der Waals surface area contributed by atoms with Gasteiger partial charge in [0.1, 0.15) is 11.5 Å². The largest absolute Gasteiger partial charge is 0.465 e. The molecular formula is C23H19NO6. The molecule has 0 fully saturated rings. The zero-order valence-corrected chi connectivity index (χ0v) is 16.4. The van der Waals surface area contributed by atoms with Gasteiger partial charge in [0.05, 0.1) is 25.3 Å². The van der Waals surface area contributed by atoms with E-state index in [1.165, 1.54) is 32.4 Å². The molecule has 0 aliphatic carbocycles. The number of amides is 1. The summed E-state index contributed by atoms with van der Waals surface area (Å²) in [4.78, 5) is 36.3. The second-order valence-electron chi connectivity index (χ2n) is 6.18. The normalized spacial score (nSPS) is 10.1. The van der Waals surface area contributed by atoms with Gasteiger partial charge in [0.2, 0.25) is 0 Å². The number of benzene rings is 3. The quantitative estimate of drug-likeness (QED) is 0.615. The van der Waals surface area contributed by atoms with Crippen LogP contribution in [0.3, 0.4) is 0 Å². The topological polar surface area (TPSA) is 90.9 Å². The number of carbonyl (C=O) groups is 3. The molecule has 0 heterocycles. The van der Waals surface area contributed by atoms with Crippen molar-refractivity contribution in [3.05, 3.63) is 89.5 Å². The van der Waals surface area contributed by atoms with Gasteiger partial charge in [-0.25, -0.2) is 9.59 Å². The number of methoxy groups -OCH3 is 2. The summed E-state index contributed by atoms with van der Waals surface area (Å²) in [5.41, 5.74) is 0.857. The average Bonchev–Trinajstić information content (AvgIpc) is 2.78. The van der Waals surface area contributed by atoms with Crippen LogP contribution in [0.5, 0.6) is 11.5 Å². The van der Waals surface area contributed by atoms with Gasteiger partial charge >= 0.3 is 11.9 Å². The molecular weight excluding hydrogens is 386 g/mol. The molecule has 0 radical (unpaired) electrons. The molecule has 7 nitrogen and oxygen atoms in total. The van der Waals surface area contributed by atoms with Gasteiger partial charge in [0.25, 0.3) is 5.91 Å². The third-order valence-electron chi connectivity index (χ3n) is 4.13. The second kappa shape index (κ2) is 9.38. The lowest BCUT2D eigenvalue weighted by Crippen LogP contribution is -2.14. The van der Waals surface area contributed by atoms with Crippen LogP contribution in [0.1, 0.15) is 31.1 Å². The molecule has 3 aromatic rings. The van der Waals surface area contributed by atoms with Gasteiger partial charge in [0.15, 0.2) is 0 Å². The van der Waals surface area contributed by atoms with Crippen LogP contribution in [-0.2, 0) is 9.47 Å². The van der Waals surface area contributed by atoms with E-state index < -0.39 is 17.8 Å². The molecule has 0 spiro atoms. The highest BCUT2D eigenvalue weighted by Gasteiger charge is 2.15. The summed E-state index contributed by atoms with van der Waals surface area (Å²) in [6.45, 7) is 0. The minimum atomic E-state index is -0.640. The van der Waals surface area contributed by atoms with Gasteiger partial charge in [-0.2, -0.15) is 0 Å². The third-order valence-corrected chi connectivity index (χ3v) is 4.13. The van der Waals surface area contributed by atoms with Crippen molar-refractivity contribution in [1.82, 2.24) is 0 Å². The van der Waals surface area contributed by atoms with Gasteiger partial charge in [-0.1, -0.05) is 18.2 Å². The second-order valence-corrected chi connectivity index (χ2v) is 6.18. The Balaban J connectivity index is 1.77. The summed E-state index contributed by atoms with van der Waals surface area (Å²) in [5.74, 6) is -0.431. The number of carbonyl (C=O) groups excluding carboxylic acids is 3. The Morgan fingerprint density at radius 2 is 1.20 bits per heavy atom. The molecule has 0 saturated heterocycles. The summed E-state index contributed by atoms with van der Waals surface area (Å²) in [5, 5.41) is 2.67. The monoisotopic (exact) mass is 405 g/mol. The standard InChI is InChI=1S/C23H19NO6/c1-28-22(26)16-12-17(23(27)29-2)14-18(13-16)24-21(25)15-8-10-20(11-9-15)30-19-6-4-3-5-7-19/h3-14H,1-2H3,(H,24,25). The van der Waals surface area contributed by atoms with E-state index in [2.05, 4.69) is 5.32 Å². The Morgan fingerprint density at radius 3 is 1.73 bits per heavy atom. The average molecular weight is 405 g/mol. The van der Waals surface area contributed by atoms with Crippen LogP contribution in [0.4, 0.5) is 5.69 Å². The van der Waals surface area contributed by atoms with Crippen LogP contribution in [-0.4, -0.2) is 32.1 Å². The maximum atomic E-state index is 12.6. The molecule has 0 aromatic heterocycles. The zero-order chi connectivity index (χ0) is 21.5. The molecule has 3 aromatic carbocycles. The van der Waals surface area contributed by atoms with Crippen molar-refractivity contribution in [2.75, 3.05) is 19.5 Å². The predicted molar refractivity (Wildman–Crippen MR) is 110 cm³/mol. The van der Waals surface area contributed by atoms with Crippen LogP contribution in [0, 0.1) is 0 Å². The fourth-order valence-corrected chi connectivity index (χ4v) is 2.67. The van der Waals surface area contributed by atoms with Crippen molar-refractivity contribution in [2.45, 2.75) is 0 Å². The number of rotatable bonds is 6. The Labute approximate surface area is 173 Å². The summed E-state index contributed by atoms with van der Waals surface area (Å²) in [6, 6.07) is 20.0. The number of hydrogen-bond donors (Lipinski definition) is 1. The number of anilines is 1. The minimum absolute atomic E-state index is 0.113. The SMILES string of the molecule is COC(=O)c1cc(NC(=O)c2ccc(Oc3ccccc3)cc2)cc(C(=O)OC)c1. The van der Waals surface area contributed by atoms with Crippen molar-refractivity contribution < 1.29 is 28.6 Å². The van der Waals surface area contributed by atoms with Crippen LogP contribution in [0.25, 0.3) is 0 Å². The Hall–Kier alpha value is -4.13.